The van der Waals surface area contributed by atoms with Crippen molar-refractivity contribution in [3.05, 3.63) is 21.7 Å². The molecule has 0 amide bonds. The Morgan fingerprint density at radius 1 is 1.39 bits per heavy atom. The third-order valence-corrected chi connectivity index (χ3v) is 4.34. The summed E-state index contributed by atoms with van der Waals surface area (Å²) in [4.78, 5) is 0. The third kappa shape index (κ3) is 3.10. The summed E-state index contributed by atoms with van der Waals surface area (Å²) in [5, 5.41) is 0. The lowest BCUT2D eigenvalue weighted by molar-refractivity contribution is 0.296. The molecule has 0 spiro atoms. The van der Waals surface area contributed by atoms with E-state index >= 15 is 0 Å². The van der Waals surface area contributed by atoms with Gasteiger partial charge in [-0.05, 0) is 18.6 Å². The van der Waals surface area contributed by atoms with Crippen LogP contribution in [0, 0.1) is 6.92 Å². The second-order valence-corrected chi connectivity index (χ2v) is 7.65. The van der Waals surface area contributed by atoms with Crippen LogP contribution in [0.5, 0.6) is 11.5 Å². The van der Waals surface area contributed by atoms with E-state index in [9.17, 15) is 8.42 Å². The molecule has 1 aromatic carbocycles. The van der Waals surface area contributed by atoms with Crippen LogP contribution >= 0.6 is 26.6 Å². The molecule has 0 fully saturated rings. The molecule has 0 saturated heterocycles. The molecule has 0 N–H and O–H groups in total. The van der Waals surface area contributed by atoms with Crippen molar-refractivity contribution in [3.63, 3.8) is 0 Å². The molecule has 0 radical (unpaired) electrons. The van der Waals surface area contributed by atoms with Gasteiger partial charge in [0.1, 0.15) is 0 Å². The van der Waals surface area contributed by atoms with Gasteiger partial charge in [0.15, 0.2) is 11.5 Å². The van der Waals surface area contributed by atoms with Gasteiger partial charge in [-0.3, -0.25) is 0 Å². The molecule has 0 saturated carbocycles. The maximum atomic E-state index is 11.2. The van der Waals surface area contributed by atoms with Crippen molar-refractivity contribution in [2.45, 2.75) is 19.1 Å². The quantitative estimate of drug-likeness (QED) is 0.765. The van der Waals surface area contributed by atoms with Crippen LogP contribution in [0.3, 0.4) is 0 Å². The number of fused-ring (bicyclic) bond motifs is 1. The zero-order valence-electron chi connectivity index (χ0n) is 9.70. The lowest BCUT2D eigenvalue weighted by Gasteiger charge is -2.15. The van der Waals surface area contributed by atoms with Crippen LogP contribution in [0.15, 0.2) is 10.5 Å². The van der Waals surface area contributed by atoms with E-state index in [-0.39, 0.29) is 5.75 Å². The van der Waals surface area contributed by atoms with E-state index in [1.54, 1.807) is 13.0 Å². The van der Waals surface area contributed by atoms with Gasteiger partial charge in [0.2, 0.25) is 9.05 Å². The fourth-order valence-electron chi connectivity index (χ4n) is 1.82. The maximum Gasteiger partial charge on any atom is 0.236 e. The molecule has 0 aromatic heterocycles. The molecule has 1 aliphatic rings. The van der Waals surface area contributed by atoms with Gasteiger partial charge < -0.3 is 9.47 Å². The highest BCUT2D eigenvalue weighted by Gasteiger charge is 2.21. The summed E-state index contributed by atoms with van der Waals surface area (Å²) in [5.41, 5.74) is 1.35. The summed E-state index contributed by atoms with van der Waals surface area (Å²) in [5.74, 6) is 0.996. The van der Waals surface area contributed by atoms with Crippen LogP contribution in [0.4, 0.5) is 0 Å². The molecule has 7 heteroatoms. The number of benzene rings is 1. The van der Waals surface area contributed by atoms with E-state index in [1.165, 1.54) is 0 Å². The van der Waals surface area contributed by atoms with Gasteiger partial charge >= 0.3 is 0 Å². The number of ether oxygens (including phenoxy) is 2. The monoisotopic (exact) mass is 354 g/mol. The zero-order valence-corrected chi connectivity index (χ0v) is 12.9. The van der Waals surface area contributed by atoms with Gasteiger partial charge in [0.05, 0.1) is 19.0 Å². The van der Waals surface area contributed by atoms with Gasteiger partial charge in [-0.15, -0.1) is 0 Å². The van der Waals surface area contributed by atoms with Crippen LogP contribution in [0.25, 0.3) is 0 Å². The standard InChI is InChI=1S/C11H12BrClO4S/c1-7-8(6-18(13,14)15)9(12)5-10-11(7)17-4-2-3-16-10/h5H,2-4,6H2,1H3. The Labute approximate surface area is 119 Å². The molecule has 0 atom stereocenters. The van der Waals surface area contributed by atoms with Gasteiger partial charge in [0.25, 0.3) is 0 Å². The predicted octanol–water partition coefficient (Wildman–Crippen LogP) is 2.99. The van der Waals surface area contributed by atoms with Gasteiger partial charge in [-0.1, -0.05) is 15.9 Å². The number of hydrogen-bond acceptors (Lipinski definition) is 4. The van der Waals surface area contributed by atoms with Gasteiger partial charge in [0, 0.05) is 27.1 Å². The lowest BCUT2D eigenvalue weighted by atomic mass is 10.1. The molecule has 1 aliphatic heterocycles. The minimum absolute atomic E-state index is 0.238. The Kier molecular flexibility index (Phi) is 4.08. The lowest BCUT2D eigenvalue weighted by Crippen LogP contribution is -2.03. The fourth-order valence-corrected chi connectivity index (χ4v) is 3.70. The molecule has 0 unspecified atom stereocenters. The van der Waals surface area contributed by atoms with Gasteiger partial charge in [-0.2, -0.15) is 0 Å². The maximum absolute atomic E-state index is 11.2. The van der Waals surface area contributed by atoms with Crippen LogP contribution in [-0.4, -0.2) is 21.6 Å². The average molecular weight is 356 g/mol. The molecule has 0 bridgehead atoms. The SMILES string of the molecule is Cc1c(CS(=O)(=O)Cl)c(Br)cc2c1OCCCO2. The summed E-state index contributed by atoms with van der Waals surface area (Å²) >= 11 is 3.35. The van der Waals surface area contributed by atoms with E-state index in [1.807, 2.05) is 0 Å². The highest BCUT2D eigenvalue weighted by atomic mass is 79.9. The first-order valence-corrected chi connectivity index (χ1v) is 8.65. The smallest absolute Gasteiger partial charge is 0.236 e. The van der Waals surface area contributed by atoms with E-state index in [0.717, 1.165) is 12.0 Å². The Morgan fingerprint density at radius 3 is 2.72 bits per heavy atom. The highest BCUT2D eigenvalue weighted by molar-refractivity contribution is 9.10. The largest absolute Gasteiger partial charge is 0.490 e. The minimum Gasteiger partial charge on any atom is -0.490 e. The number of rotatable bonds is 2. The topological polar surface area (TPSA) is 52.6 Å². The van der Waals surface area contributed by atoms with Crippen molar-refractivity contribution in [3.8, 4) is 11.5 Å². The predicted molar refractivity (Wildman–Crippen MR) is 73.0 cm³/mol. The molecule has 4 nitrogen and oxygen atoms in total. The molecule has 2 rings (SSSR count). The fraction of sp³-hybridized carbons (Fsp3) is 0.455. The average Bonchev–Trinajstić information content (AvgIpc) is 2.48. The summed E-state index contributed by atoms with van der Waals surface area (Å²) in [6, 6.07) is 1.73. The normalized spacial score (nSPS) is 15.3. The zero-order chi connectivity index (χ0) is 13.3. The Hall–Kier alpha value is -0.460. The summed E-state index contributed by atoms with van der Waals surface area (Å²) in [7, 11) is 1.69. The van der Waals surface area contributed by atoms with Crippen LogP contribution < -0.4 is 9.47 Å². The van der Waals surface area contributed by atoms with Crippen LogP contribution in [-0.2, 0) is 14.8 Å². The first-order chi connectivity index (χ1) is 8.38. The van der Waals surface area contributed by atoms with Crippen molar-refractivity contribution in [1.82, 2.24) is 0 Å². The summed E-state index contributed by atoms with van der Waals surface area (Å²) in [6.45, 7) is 2.95. The molecule has 18 heavy (non-hydrogen) atoms. The van der Waals surface area contributed by atoms with Crippen LogP contribution in [0.1, 0.15) is 17.5 Å². The van der Waals surface area contributed by atoms with Crippen molar-refractivity contribution in [2.24, 2.45) is 0 Å². The number of halogens is 2. The minimum atomic E-state index is -3.61. The van der Waals surface area contributed by atoms with E-state index in [4.69, 9.17) is 20.2 Å². The molecule has 100 valence electrons. The molecular formula is C11H12BrClO4S. The van der Waals surface area contributed by atoms with E-state index in [2.05, 4.69) is 15.9 Å². The second-order valence-electron chi connectivity index (χ2n) is 4.02. The first kappa shape index (κ1) is 14.0. The van der Waals surface area contributed by atoms with E-state index < -0.39 is 9.05 Å². The molecule has 1 heterocycles. The van der Waals surface area contributed by atoms with Crippen molar-refractivity contribution >= 4 is 35.7 Å². The highest BCUT2D eigenvalue weighted by Crippen LogP contribution is 2.40. The molecular weight excluding hydrogens is 344 g/mol. The Morgan fingerprint density at radius 2 is 2.06 bits per heavy atom. The Bertz CT molecular complexity index is 571. The first-order valence-electron chi connectivity index (χ1n) is 5.38. The summed E-state index contributed by atoms with van der Waals surface area (Å²) in [6.07, 6.45) is 0.800. The van der Waals surface area contributed by atoms with Crippen molar-refractivity contribution < 1.29 is 17.9 Å². The van der Waals surface area contributed by atoms with Gasteiger partial charge in [-0.25, -0.2) is 8.42 Å². The Balaban J connectivity index is 2.52. The molecule has 1 aromatic rings. The molecule has 0 aliphatic carbocycles. The summed E-state index contributed by atoms with van der Waals surface area (Å²) < 4.78 is 34.3. The van der Waals surface area contributed by atoms with E-state index in [0.29, 0.717) is 34.7 Å². The van der Waals surface area contributed by atoms with Crippen molar-refractivity contribution in [2.75, 3.05) is 13.2 Å². The second kappa shape index (κ2) is 5.27. The third-order valence-electron chi connectivity index (χ3n) is 2.67. The number of hydrogen-bond donors (Lipinski definition) is 0. The van der Waals surface area contributed by atoms with Crippen LogP contribution in [0.2, 0.25) is 0 Å². The van der Waals surface area contributed by atoms with Crippen molar-refractivity contribution in [1.29, 1.82) is 0 Å².